The normalized spacial score (nSPS) is 12.3. The number of hydrogen-bond donors (Lipinski definition) is 2. The van der Waals surface area contributed by atoms with E-state index in [4.69, 9.17) is 5.73 Å². The average molecular weight is 258 g/mol. The first-order valence-corrected chi connectivity index (χ1v) is 4.98. The molecule has 0 bridgehead atoms. The third-order valence-corrected chi connectivity index (χ3v) is 2.53. The van der Waals surface area contributed by atoms with Crippen molar-refractivity contribution in [3.05, 3.63) is 22.4 Å². The summed E-state index contributed by atoms with van der Waals surface area (Å²) < 4.78 is 0.774. The van der Waals surface area contributed by atoms with E-state index in [-0.39, 0.29) is 5.91 Å². The lowest BCUT2D eigenvalue weighted by Gasteiger charge is -2.08. The van der Waals surface area contributed by atoms with E-state index in [2.05, 4.69) is 26.2 Å². The van der Waals surface area contributed by atoms with Gasteiger partial charge >= 0.3 is 0 Å². The number of rotatable bonds is 2. The Hall–Kier alpha value is -0.940. The van der Waals surface area contributed by atoms with E-state index in [1.165, 1.54) is 0 Å². The summed E-state index contributed by atoms with van der Waals surface area (Å²) in [4.78, 5) is 15.3. The predicted octanol–water partition coefficient (Wildman–Crippen LogP) is 1.44. The summed E-state index contributed by atoms with van der Waals surface area (Å²) in [6, 6.07) is 1.32. The van der Waals surface area contributed by atoms with Crippen molar-refractivity contribution in [1.29, 1.82) is 0 Å². The molecule has 0 aromatic carbocycles. The zero-order chi connectivity index (χ0) is 10.7. The van der Waals surface area contributed by atoms with Gasteiger partial charge in [-0.25, -0.2) is 4.98 Å². The summed E-state index contributed by atoms with van der Waals surface area (Å²) in [5, 5.41) is 2.66. The summed E-state index contributed by atoms with van der Waals surface area (Å²) in [7, 11) is 0. The molecule has 5 heteroatoms. The Balaban J connectivity index is 2.78. The highest BCUT2D eigenvalue weighted by Crippen LogP contribution is 2.16. The van der Waals surface area contributed by atoms with Crippen LogP contribution in [0.15, 0.2) is 16.9 Å². The Morgan fingerprint density at radius 1 is 1.71 bits per heavy atom. The molecule has 1 atom stereocenters. The molecule has 3 N–H and O–H groups in total. The number of carbonyl (C=O) groups excluding carboxylic acids is 1. The number of anilines is 1. The van der Waals surface area contributed by atoms with Gasteiger partial charge in [0.15, 0.2) is 0 Å². The molecule has 14 heavy (non-hydrogen) atoms. The van der Waals surface area contributed by atoms with E-state index in [0.29, 0.717) is 5.69 Å². The lowest BCUT2D eigenvalue weighted by Crippen LogP contribution is -2.32. The molecule has 76 valence electrons. The maximum absolute atomic E-state index is 11.2. The van der Waals surface area contributed by atoms with Crippen LogP contribution in [0.1, 0.15) is 12.5 Å². The number of nitrogens with zero attached hydrogens (tertiary/aromatic N) is 1. The van der Waals surface area contributed by atoms with Gasteiger partial charge in [0, 0.05) is 0 Å². The Morgan fingerprint density at radius 2 is 2.36 bits per heavy atom. The average Bonchev–Trinajstić information content (AvgIpc) is 2.11. The van der Waals surface area contributed by atoms with Crippen LogP contribution in [-0.2, 0) is 4.79 Å². The second kappa shape index (κ2) is 4.52. The molecule has 0 radical (unpaired) electrons. The summed E-state index contributed by atoms with van der Waals surface area (Å²) in [5.74, 6) is -0.214. The van der Waals surface area contributed by atoms with Crippen LogP contribution in [0.5, 0.6) is 0 Å². The van der Waals surface area contributed by atoms with Crippen LogP contribution in [0.25, 0.3) is 0 Å². The third kappa shape index (κ3) is 2.78. The monoisotopic (exact) mass is 257 g/mol. The van der Waals surface area contributed by atoms with Crippen molar-refractivity contribution < 1.29 is 4.79 Å². The van der Waals surface area contributed by atoms with Gasteiger partial charge in [-0.05, 0) is 41.4 Å². The lowest BCUT2D eigenvalue weighted by molar-refractivity contribution is -0.117. The maximum atomic E-state index is 11.2. The molecule has 1 aromatic rings. The molecule has 0 aliphatic heterocycles. The van der Waals surface area contributed by atoms with Gasteiger partial charge in [0.2, 0.25) is 5.91 Å². The van der Waals surface area contributed by atoms with E-state index in [9.17, 15) is 4.79 Å². The van der Waals surface area contributed by atoms with E-state index in [1.54, 1.807) is 13.1 Å². The highest BCUT2D eigenvalue weighted by atomic mass is 79.9. The first kappa shape index (κ1) is 11.1. The Morgan fingerprint density at radius 3 is 2.86 bits per heavy atom. The van der Waals surface area contributed by atoms with Crippen molar-refractivity contribution in [3.63, 3.8) is 0 Å². The number of halogens is 1. The van der Waals surface area contributed by atoms with Crippen LogP contribution >= 0.6 is 15.9 Å². The van der Waals surface area contributed by atoms with Crippen molar-refractivity contribution in [3.8, 4) is 0 Å². The zero-order valence-corrected chi connectivity index (χ0v) is 9.63. The molecule has 1 rings (SSSR count). The molecule has 1 aromatic heterocycles. The first-order chi connectivity index (χ1) is 6.50. The van der Waals surface area contributed by atoms with E-state index >= 15 is 0 Å². The standard InChI is InChI=1S/C9H12BrN3O/c1-5-3-7(4-12-8(5)10)13-9(14)6(2)11/h3-4,6H,11H2,1-2H3,(H,13,14)/t6-/m0/s1. The molecular formula is C9H12BrN3O. The fourth-order valence-corrected chi connectivity index (χ4v) is 1.10. The molecule has 0 saturated carbocycles. The molecule has 0 fully saturated rings. The minimum Gasteiger partial charge on any atom is -0.323 e. The Labute approximate surface area is 91.0 Å². The molecule has 0 aliphatic rings. The Kier molecular flexibility index (Phi) is 3.60. The second-order valence-corrected chi connectivity index (χ2v) is 3.86. The molecule has 0 saturated heterocycles. The zero-order valence-electron chi connectivity index (χ0n) is 8.04. The van der Waals surface area contributed by atoms with Gasteiger partial charge < -0.3 is 11.1 Å². The van der Waals surface area contributed by atoms with E-state index < -0.39 is 6.04 Å². The minimum atomic E-state index is -0.515. The SMILES string of the molecule is Cc1cc(NC(=O)[C@H](C)N)cnc1Br. The number of nitrogens with two attached hydrogens (primary N) is 1. The van der Waals surface area contributed by atoms with E-state index in [1.807, 2.05) is 13.0 Å². The van der Waals surface area contributed by atoms with Crippen molar-refractivity contribution in [1.82, 2.24) is 4.98 Å². The van der Waals surface area contributed by atoms with Crippen molar-refractivity contribution >= 4 is 27.5 Å². The number of aromatic nitrogens is 1. The van der Waals surface area contributed by atoms with Gasteiger partial charge in [-0.2, -0.15) is 0 Å². The second-order valence-electron chi connectivity index (χ2n) is 3.11. The van der Waals surface area contributed by atoms with Crippen molar-refractivity contribution in [2.45, 2.75) is 19.9 Å². The third-order valence-electron chi connectivity index (χ3n) is 1.70. The van der Waals surface area contributed by atoms with Gasteiger partial charge in [-0.3, -0.25) is 4.79 Å². The molecule has 0 unspecified atom stereocenters. The smallest absolute Gasteiger partial charge is 0.241 e. The summed E-state index contributed by atoms with van der Waals surface area (Å²) in [5.41, 5.74) is 7.04. The molecule has 1 amide bonds. The van der Waals surface area contributed by atoms with Gasteiger partial charge in [0.1, 0.15) is 4.60 Å². The van der Waals surface area contributed by atoms with E-state index in [0.717, 1.165) is 10.2 Å². The maximum Gasteiger partial charge on any atom is 0.241 e. The first-order valence-electron chi connectivity index (χ1n) is 4.19. The molecule has 0 aliphatic carbocycles. The fourth-order valence-electron chi connectivity index (χ4n) is 0.883. The number of nitrogens with one attached hydrogen (secondary N) is 1. The predicted molar refractivity (Wildman–Crippen MR) is 59.0 cm³/mol. The molecule has 1 heterocycles. The molecule has 0 spiro atoms. The van der Waals surface area contributed by atoms with Gasteiger partial charge in [0.25, 0.3) is 0 Å². The highest BCUT2D eigenvalue weighted by molar-refractivity contribution is 9.10. The summed E-state index contributed by atoms with van der Waals surface area (Å²) >= 11 is 3.28. The van der Waals surface area contributed by atoms with Crippen molar-refractivity contribution in [2.75, 3.05) is 5.32 Å². The topological polar surface area (TPSA) is 68.0 Å². The number of hydrogen-bond acceptors (Lipinski definition) is 3. The van der Waals surface area contributed by atoms with Gasteiger partial charge in [-0.1, -0.05) is 0 Å². The number of pyridine rings is 1. The number of aryl methyl sites for hydroxylation is 1. The Bertz CT molecular complexity index is 352. The highest BCUT2D eigenvalue weighted by Gasteiger charge is 2.08. The molecule has 4 nitrogen and oxygen atoms in total. The van der Waals surface area contributed by atoms with Crippen LogP contribution in [0.4, 0.5) is 5.69 Å². The largest absolute Gasteiger partial charge is 0.323 e. The van der Waals surface area contributed by atoms with Crippen molar-refractivity contribution in [2.24, 2.45) is 5.73 Å². The van der Waals surface area contributed by atoms with Gasteiger partial charge in [-0.15, -0.1) is 0 Å². The lowest BCUT2D eigenvalue weighted by atomic mass is 10.3. The quantitative estimate of drug-likeness (QED) is 0.788. The van der Waals surface area contributed by atoms with Gasteiger partial charge in [0.05, 0.1) is 17.9 Å². The number of amides is 1. The van der Waals surface area contributed by atoms with Crippen LogP contribution in [0.2, 0.25) is 0 Å². The summed E-state index contributed by atoms with van der Waals surface area (Å²) in [6.07, 6.45) is 1.58. The molecular weight excluding hydrogens is 246 g/mol. The van der Waals surface area contributed by atoms with Crippen LogP contribution < -0.4 is 11.1 Å². The summed E-state index contributed by atoms with van der Waals surface area (Å²) in [6.45, 7) is 3.53. The minimum absolute atomic E-state index is 0.214. The van der Waals surface area contributed by atoms with Crippen LogP contribution in [0, 0.1) is 6.92 Å². The van der Waals surface area contributed by atoms with Crippen LogP contribution in [0.3, 0.4) is 0 Å². The number of carbonyl (C=O) groups is 1. The van der Waals surface area contributed by atoms with Crippen LogP contribution in [-0.4, -0.2) is 16.9 Å². The fraction of sp³-hybridized carbons (Fsp3) is 0.333.